The zero-order valence-electron chi connectivity index (χ0n) is 14.6. The molecule has 0 aliphatic rings. The molecule has 0 unspecified atom stereocenters. The second-order valence-electron chi connectivity index (χ2n) is 6.12. The van der Waals surface area contributed by atoms with Gasteiger partial charge in [0, 0.05) is 21.9 Å². The van der Waals surface area contributed by atoms with E-state index in [1.165, 1.54) is 23.5 Å². The number of carbonyl (C=O) groups excluding carboxylic acids is 1. The fourth-order valence-electron chi connectivity index (χ4n) is 2.74. The van der Waals surface area contributed by atoms with Gasteiger partial charge in [-0.05, 0) is 24.3 Å². The number of rotatable bonds is 5. The molecule has 0 radical (unpaired) electrons. The minimum atomic E-state index is -0.416. The second-order valence-corrected chi connectivity index (χ2v) is 7.34. The largest absolute Gasteiger partial charge is 0.460 e. The first kappa shape index (κ1) is 18.5. The van der Waals surface area contributed by atoms with Gasteiger partial charge in [-0.15, -0.1) is 11.3 Å². The average Bonchev–Trinajstić information content (AvgIpc) is 3.15. The van der Waals surface area contributed by atoms with Crippen LogP contribution in [-0.4, -0.2) is 15.9 Å². The Morgan fingerprint density at radius 3 is 2.82 bits per heavy atom. The van der Waals surface area contributed by atoms with Crippen molar-refractivity contribution in [2.24, 2.45) is 0 Å². The number of para-hydroxylation sites is 1. The van der Waals surface area contributed by atoms with Gasteiger partial charge >= 0.3 is 5.97 Å². The van der Waals surface area contributed by atoms with Crippen molar-refractivity contribution in [1.82, 2.24) is 9.97 Å². The van der Waals surface area contributed by atoms with E-state index < -0.39 is 5.97 Å². The van der Waals surface area contributed by atoms with Crippen molar-refractivity contribution in [3.8, 4) is 10.6 Å². The van der Waals surface area contributed by atoms with Gasteiger partial charge in [-0.25, -0.2) is 14.4 Å². The van der Waals surface area contributed by atoms with E-state index in [0.717, 1.165) is 10.9 Å². The number of carbonyl (C=O) groups is 1. The molecule has 140 valence electrons. The zero-order chi connectivity index (χ0) is 19.5. The van der Waals surface area contributed by atoms with Crippen LogP contribution in [0.25, 0.3) is 21.5 Å². The molecule has 0 atom stereocenters. The van der Waals surface area contributed by atoms with Gasteiger partial charge in [0.1, 0.15) is 22.6 Å². The lowest BCUT2D eigenvalue weighted by Crippen LogP contribution is -2.08. The SMILES string of the molecule is O=C(Cc1csc(-c2cccc(F)c2)n1)OCc1cc2ccccc2nc1Cl. The van der Waals surface area contributed by atoms with Crippen molar-refractivity contribution >= 4 is 39.8 Å². The number of thiazole rings is 1. The van der Waals surface area contributed by atoms with Crippen LogP contribution in [0, 0.1) is 5.82 Å². The molecule has 2 heterocycles. The molecule has 0 saturated carbocycles. The van der Waals surface area contributed by atoms with Crippen LogP contribution in [0.1, 0.15) is 11.3 Å². The van der Waals surface area contributed by atoms with Gasteiger partial charge in [-0.3, -0.25) is 4.79 Å². The van der Waals surface area contributed by atoms with Crippen molar-refractivity contribution < 1.29 is 13.9 Å². The number of fused-ring (bicyclic) bond motifs is 1. The third-order valence-corrected chi connectivity index (χ3v) is 5.35. The summed E-state index contributed by atoms with van der Waals surface area (Å²) in [5.41, 5.74) is 2.69. The summed E-state index contributed by atoms with van der Waals surface area (Å²) in [5, 5.41) is 3.67. The van der Waals surface area contributed by atoms with Gasteiger partial charge in [-0.1, -0.05) is 41.9 Å². The minimum absolute atomic E-state index is 0.0322. The molecule has 7 heteroatoms. The summed E-state index contributed by atoms with van der Waals surface area (Å²) >= 11 is 7.54. The molecule has 2 aromatic carbocycles. The van der Waals surface area contributed by atoms with Gasteiger partial charge in [0.15, 0.2) is 0 Å². The van der Waals surface area contributed by atoms with E-state index in [2.05, 4.69) is 9.97 Å². The number of hydrogen-bond acceptors (Lipinski definition) is 5. The van der Waals surface area contributed by atoms with Crippen LogP contribution in [0.15, 0.2) is 60.0 Å². The quantitative estimate of drug-likeness (QED) is 0.323. The molecule has 4 aromatic rings. The molecule has 0 fully saturated rings. The Labute approximate surface area is 169 Å². The highest BCUT2D eigenvalue weighted by atomic mass is 35.5. The van der Waals surface area contributed by atoms with Crippen LogP contribution in [-0.2, 0) is 22.6 Å². The first-order chi connectivity index (χ1) is 13.6. The fraction of sp³-hybridized carbons (Fsp3) is 0.0952. The van der Waals surface area contributed by atoms with Crippen LogP contribution in [0.2, 0.25) is 5.15 Å². The van der Waals surface area contributed by atoms with Gasteiger partial charge in [0.2, 0.25) is 0 Å². The Balaban J connectivity index is 1.41. The normalized spacial score (nSPS) is 10.9. The maximum atomic E-state index is 13.3. The Bertz CT molecular complexity index is 1160. The first-order valence-electron chi connectivity index (χ1n) is 8.48. The monoisotopic (exact) mass is 412 g/mol. The number of nitrogens with zero attached hydrogens (tertiary/aromatic N) is 2. The summed E-state index contributed by atoms with van der Waals surface area (Å²) in [5.74, 6) is -0.741. The van der Waals surface area contributed by atoms with Gasteiger partial charge in [0.25, 0.3) is 0 Å². The number of benzene rings is 2. The molecule has 28 heavy (non-hydrogen) atoms. The number of esters is 1. The molecule has 0 amide bonds. The van der Waals surface area contributed by atoms with Crippen LogP contribution in [0.5, 0.6) is 0 Å². The van der Waals surface area contributed by atoms with Crippen molar-refractivity contribution in [2.45, 2.75) is 13.0 Å². The Morgan fingerprint density at radius 2 is 1.96 bits per heavy atom. The van der Waals surface area contributed by atoms with Crippen LogP contribution >= 0.6 is 22.9 Å². The maximum Gasteiger partial charge on any atom is 0.312 e. The van der Waals surface area contributed by atoms with Gasteiger partial charge in [-0.2, -0.15) is 0 Å². The van der Waals surface area contributed by atoms with Crippen molar-refractivity contribution in [3.63, 3.8) is 0 Å². The smallest absolute Gasteiger partial charge is 0.312 e. The molecule has 4 nitrogen and oxygen atoms in total. The van der Waals surface area contributed by atoms with E-state index >= 15 is 0 Å². The number of pyridine rings is 1. The summed E-state index contributed by atoms with van der Waals surface area (Å²) in [6.45, 7) is 0.0381. The standard InChI is InChI=1S/C21H14ClFN2O2S/c22-20-15(8-13-4-1-2-7-18(13)25-20)11-27-19(26)10-17-12-28-21(24-17)14-5-3-6-16(23)9-14/h1-9,12H,10-11H2. The van der Waals surface area contributed by atoms with E-state index in [0.29, 0.717) is 27.0 Å². The lowest BCUT2D eigenvalue weighted by molar-refractivity contribution is -0.144. The third kappa shape index (κ3) is 4.18. The molecule has 0 aliphatic heterocycles. The lowest BCUT2D eigenvalue weighted by atomic mass is 10.2. The van der Waals surface area contributed by atoms with E-state index in [1.54, 1.807) is 17.5 Å². The Morgan fingerprint density at radius 1 is 1.11 bits per heavy atom. The van der Waals surface area contributed by atoms with Crippen molar-refractivity contribution in [2.75, 3.05) is 0 Å². The van der Waals surface area contributed by atoms with Crippen molar-refractivity contribution in [3.05, 3.63) is 82.2 Å². The predicted molar refractivity (Wildman–Crippen MR) is 108 cm³/mol. The van der Waals surface area contributed by atoms with E-state index in [9.17, 15) is 9.18 Å². The molecule has 0 spiro atoms. The second kappa shape index (κ2) is 8.04. The molecule has 0 aliphatic carbocycles. The van der Waals surface area contributed by atoms with Crippen LogP contribution in [0.4, 0.5) is 4.39 Å². The summed E-state index contributed by atoms with van der Waals surface area (Å²) in [6.07, 6.45) is 0.0322. The molecular formula is C21H14ClFN2O2S. The number of halogens is 2. The van der Waals surface area contributed by atoms with Crippen molar-refractivity contribution in [1.29, 1.82) is 0 Å². The van der Waals surface area contributed by atoms with E-state index in [1.807, 2.05) is 30.3 Å². The molecule has 0 N–H and O–H groups in total. The van der Waals surface area contributed by atoms with Crippen LogP contribution < -0.4 is 0 Å². The predicted octanol–water partition coefficient (Wildman–Crippen LogP) is 5.44. The fourth-order valence-corrected chi connectivity index (χ4v) is 3.75. The highest BCUT2D eigenvalue weighted by Crippen LogP contribution is 2.25. The van der Waals surface area contributed by atoms with E-state index in [4.69, 9.17) is 16.3 Å². The maximum absolute atomic E-state index is 13.3. The molecule has 2 aromatic heterocycles. The summed E-state index contributed by atoms with van der Waals surface area (Å²) in [6, 6.07) is 15.6. The van der Waals surface area contributed by atoms with Gasteiger partial charge in [0.05, 0.1) is 17.6 Å². The highest BCUT2D eigenvalue weighted by Gasteiger charge is 2.12. The topological polar surface area (TPSA) is 52.1 Å². The minimum Gasteiger partial charge on any atom is -0.460 e. The lowest BCUT2D eigenvalue weighted by Gasteiger charge is -2.07. The Hall–Kier alpha value is -2.83. The first-order valence-corrected chi connectivity index (χ1v) is 9.74. The summed E-state index contributed by atoms with van der Waals surface area (Å²) < 4.78 is 18.7. The number of hydrogen-bond donors (Lipinski definition) is 0. The Kier molecular flexibility index (Phi) is 5.32. The molecular weight excluding hydrogens is 399 g/mol. The zero-order valence-corrected chi connectivity index (χ0v) is 16.1. The molecule has 0 saturated heterocycles. The molecule has 4 rings (SSSR count). The number of aromatic nitrogens is 2. The molecule has 0 bridgehead atoms. The number of ether oxygens (including phenoxy) is 1. The summed E-state index contributed by atoms with van der Waals surface area (Å²) in [4.78, 5) is 20.9. The van der Waals surface area contributed by atoms with Crippen LogP contribution in [0.3, 0.4) is 0 Å². The average molecular weight is 413 g/mol. The highest BCUT2D eigenvalue weighted by molar-refractivity contribution is 7.13. The third-order valence-electron chi connectivity index (χ3n) is 4.09. The summed E-state index contributed by atoms with van der Waals surface area (Å²) in [7, 11) is 0. The van der Waals surface area contributed by atoms with Gasteiger partial charge < -0.3 is 4.74 Å². The van der Waals surface area contributed by atoms with E-state index in [-0.39, 0.29) is 18.8 Å².